The van der Waals surface area contributed by atoms with E-state index in [0.29, 0.717) is 0 Å². The fraction of sp³-hybridized carbons (Fsp3) is 0.655. The molecule has 2 rings (SSSR count). The largest absolute Gasteiger partial charge is 0.494 e. The number of hydrogen-bond donors (Lipinski definition) is 0. The molecule has 4 heteroatoms. The maximum absolute atomic E-state index is 5.91. The van der Waals surface area contributed by atoms with E-state index >= 15 is 0 Å². The van der Waals surface area contributed by atoms with Crippen LogP contribution >= 0.6 is 11.8 Å². The summed E-state index contributed by atoms with van der Waals surface area (Å²) in [5, 5.41) is 0.886. The lowest BCUT2D eigenvalue weighted by Crippen LogP contribution is -1.97. The van der Waals surface area contributed by atoms with Gasteiger partial charge < -0.3 is 4.74 Å². The van der Waals surface area contributed by atoms with Crippen molar-refractivity contribution >= 4 is 11.8 Å². The van der Waals surface area contributed by atoms with Crippen molar-refractivity contribution < 1.29 is 4.74 Å². The summed E-state index contributed by atoms with van der Waals surface area (Å²) in [6.07, 6.45) is 23.9. The SMILES string of the molecule is CCCCCCCCCCSc1ncc(-c2ccc(OCCCCCCCCC)cc2)cn1. The summed E-state index contributed by atoms with van der Waals surface area (Å²) in [7, 11) is 0. The topological polar surface area (TPSA) is 35.0 Å². The smallest absolute Gasteiger partial charge is 0.187 e. The van der Waals surface area contributed by atoms with Gasteiger partial charge in [0.2, 0.25) is 0 Å². The van der Waals surface area contributed by atoms with E-state index in [9.17, 15) is 0 Å². The molecule has 0 aliphatic rings. The second-order valence-electron chi connectivity index (χ2n) is 9.07. The summed E-state index contributed by atoms with van der Waals surface area (Å²) >= 11 is 1.77. The van der Waals surface area contributed by atoms with Crippen LogP contribution in [0.2, 0.25) is 0 Å². The van der Waals surface area contributed by atoms with Gasteiger partial charge in [-0.25, -0.2) is 9.97 Å². The molecule has 1 aromatic carbocycles. The summed E-state index contributed by atoms with van der Waals surface area (Å²) in [6.45, 7) is 5.34. The Bertz CT molecular complexity index is 703. The first-order valence-electron chi connectivity index (χ1n) is 13.5. The highest BCUT2D eigenvalue weighted by molar-refractivity contribution is 7.99. The van der Waals surface area contributed by atoms with Crippen molar-refractivity contribution in [3.63, 3.8) is 0 Å². The van der Waals surface area contributed by atoms with Gasteiger partial charge in [-0.2, -0.15) is 0 Å². The number of ether oxygens (including phenoxy) is 1. The van der Waals surface area contributed by atoms with Crippen molar-refractivity contribution in [1.29, 1.82) is 0 Å². The van der Waals surface area contributed by atoms with E-state index in [-0.39, 0.29) is 0 Å². The van der Waals surface area contributed by atoms with Gasteiger partial charge in [-0.3, -0.25) is 0 Å². The second-order valence-corrected chi connectivity index (χ2v) is 10.1. The first kappa shape index (κ1) is 27.7. The van der Waals surface area contributed by atoms with Gasteiger partial charge in [0, 0.05) is 23.7 Å². The molecule has 33 heavy (non-hydrogen) atoms. The van der Waals surface area contributed by atoms with Gasteiger partial charge in [0.1, 0.15) is 5.75 Å². The number of aromatic nitrogens is 2. The summed E-state index contributed by atoms with van der Waals surface area (Å²) < 4.78 is 5.91. The first-order chi connectivity index (χ1) is 16.3. The number of benzene rings is 1. The predicted octanol–water partition coefficient (Wildman–Crippen LogP) is 9.51. The molecule has 184 valence electrons. The number of rotatable bonds is 20. The van der Waals surface area contributed by atoms with Crippen LogP contribution in [0.3, 0.4) is 0 Å². The predicted molar refractivity (Wildman–Crippen MR) is 144 cm³/mol. The lowest BCUT2D eigenvalue weighted by atomic mass is 10.1. The van der Waals surface area contributed by atoms with Crippen molar-refractivity contribution in [2.24, 2.45) is 0 Å². The van der Waals surface area contributed by atoms with Gasteiger partial charge in [-0.05, 0) is 30.5 Å². The average molecular weight is 471 g/mol. The lowest BCUT2D eigenvalue weighted by Gasteiger charge is -2.08. The van der Waals surface area contributed by atoms with Crippen molar-refractivity contribution in [3.8, 4) is 16.9 Å². The molecule has 0 saturated carbocycles. The standard InChI is InChI=1S/C29H46N2OS/c1-3-5-7-9-11-13-15-17-23-33-29-30-24-27(25-31-29)26-18-20-28(21-19-26)32-22-16-14-12-10-8-6-4-2/h18-21,24-25H,3-17,22-23H2,1-2H3. The first-order valence-corrected chi connectivity index (χ1v) is 14.5. The van der Waals surface area contributed by atoms with Crippen molar-refractivity contribution in [2.75, 3.05) is 12.4 Å². The Hall–Kier alpha value is -1.55. The molecule has 1 aromatic heterocycles. The van der Waals surface area contributed by atoms with Crippen LogP contribution in [0.5, 0.6) is 5.75 Å². The minimum atomic E-state index is 0.807. The Morgan fingerprint density at radius 3 is 1.70 bits per heavy atom. The molecule has 0 atom stereocenters. The number of unbranched alkanes of at least 4 members (excludes halogenated alkanes) is 13. The normalized spacial score (nSPS) is 11.1. The van der Waals surface area contributed by atoms with Crippen LogP contribution in [0.25, 0.3) is 11.1 Å². The van der Waals surface area contributed by atoms with Crippen LogP contribution in [-0.4, -0.2) is 22.3 Å². The van der Waals surface area contributed by atoms with Gasteiger partial charge in [0.25, 0.3) is 0 Å². The van der Waals surface area contributed by atoms with E-state index in [1.807, 2.05) is 12.4 Å². The minimum Gasteiger partial charge on any atom is -0.494 e. The molecule has 0 aliphatic heterocycles. The van der Waals surface area contributed by atoms with Gasteiger partial charge >= 0.3 is 0 Å². The highest BCUT2D eigenvalue weighted by atomic mass is 32.2. The van der Waals surface area contributed by atoms with Gasteiger partial charge in [-0.1, -0.05) is 121 Å². The molecule has 0 unspecified atom stereocenters. The Balaban J connectivity index is 1.59. The molecule has 0 aliphatic carbocycles. The highest BCUT2D eigenvalue weighted by Crippen LogP contribution is 2.23. The van der Waals surface area contributed by atoms with Crippen molar-refractivity contribution in [1.82, 2.24) is 9.97 Å². The van der Waals surface area contributed by atoms with E-state index in [4.69, 9.17) is 4.74 Å². The van der Waals surface area contributed by atoms with Crippen LogP contribution in [0.15, 0.2) is 41.8 Å². The number of hydrogen-bond acceptors (Lipinski definition) is 4. The quantitative estimate of drug-likeness (QED) is 0.110. The van der Waals surface area contributed by atoms with Crippen LogP contribution in [0.1, 0.15) is 110 Å². The maximum Gasteiger partial charge on any atom is 0.187 e. The molecule has 0 spiro atoms. The molecule has 0 N–H and O–H groups in total. The fourth-order valence-electron chi connectivity index (χ4n) is 3.93. The Labute approximate surface area is 207 Å². The Kier molecular flexibility index (Phi) is 15.8. The molecule has 2 aromatic rings. The van der Waals surface area contributed by atoms with E-state index < -0.39 is 0 Å². The van der Waals surface area contributed by atoms with Crippen LogP contribution in [0.4, 0.5) is 0 Å². The number of thioether (sulfide) groups is 1. The third-order valence-corrected chi connectivity index (χ3v) is 7.02. The molecular weight excluding hydrogens is 424 g/mol. The third-order valence-electron chi connectivity index (χ3n) is 6.06. The third kappa shape index (κ3) is 13.1. The minimum absolute atomic E-state index is 0.807. The molecule has 1 heterocycles. The molecule has 3 nitrogen and oxygen atoms in total. The van der Waals surface area contributed by atoms with Crippen LogP contribution in [0, 0.1) is 0 Å². The van der Waals surface area contributed by atoms with Crippen LogP contribution in [-0.2, 0) is 0 Å². The molecule has 0 radical (unpaired) electrons. The van der Waals surface area contributed by atoms with E-state index in [0.717, 1.165) is 40.8 Å². The van der Waals surface area contributed by atoms with Crippen molar-refractivity contribution in [2.45, 2.75) is 115 Å². The van der Waals surface area contributed by atoms with Gasteiger partial charge in [-0.15, -0.1) is 0 Å². The zero-order valence-electron chi connectivity index (χ0n) is 21.2. The Morgan fingerprint density at radius 1 is 0.606 bits per heavy atom. The average Bonchev–Trinajstić information content (AvgIpc) is 2.85. The summed E-state index contributed by atoms with van der Waals surface area (Å²) in [5.41, 5.74) is 2.20. The van der Waals surface area contributed by atoms with Gasteiger partial charge in [0.15, 0.2) is 5.16 Å². The summed E-state index contributed by atoms with van der Waals surface area (Å²) in [4.78, 5) is 9.12. The molecule has 0 amide bonds. The fourth-order valence-corrected chi connectivity index (χ4v) is 4.72. The number of nitrogens with zero attached hydrogens (tertiary/aromatic N) is 2. The Morgan fingerprint density at radius 2 is 1.12 bits per heavy atom. The molecule has 0 saturated heterocycles. The van der Waals surface area contributed by atoms with Crippen molar-refractivity contribution in [3.05, 3.63) is 36.7 Å². The monoisotopic (exact) mass is 470 g/mol. The van der Waals surface area contributed by atoms with E-state index in [1.165, 1.54) is 89.9 Å². The van der Waals surface area contributed by atoms with E-state index in [1.54, 1.807) is 11.8 Å². The zero-order chi connectivity index (χ0) is 23.4. The molecule has 0 bridgehead atoms. The van der Waals surface area contributed by atoms with Gasteiger partial charge in [0.05, 0.1) is 6.61 Å². The summed E-state index contributed by atoms with van der Waals surface area (Å²) in [6, 6.07) is 8.32. The van der Waals surface area contributed by atoms with E-state index in [2.05, 4.69) is 48.1 Å². The zero-order valence-corrected chi connectivity index (χ0v) is 22.0. The second kappa shape index (κ2) is 18.8. The lowest BCUT2D eigenvalue weighted by molar-refractivity contribution is 0.304. The van der Waals surface area contributed by atoms with Crippen LogP contribution < -0.4 is 4.74 Å². The molecular formula is C29H46N2OS. The summed E-state index contributed by atoms with van der Waals surface area (Å²) in [5.74, 6) is 2.06. The maximum atomic E-state index is 5.91. The molecule has 0 fully saturated rings. The highest BCUT2D eigenvalue weighted by Gasteiger charge is 2.03.